The number of rotatable bonds is 6. The van der Waals surface area contributed by atoms with Crippen LogP contribution in [0.1, 0.15) is 28.3 Å². The molecule has 0 atom stereocenters. The Kier molecular flexibility index (Phi) is 5.74. The number of thiazole rings is 1. The predicted molar refractivity (Wildman–Crippen MR) is 64.6 cm³/mol. The molecule has 0 saturated heterocycles. The van der Waals surface area contributed by atoms with E-state index >= 15 is 0 Å². The molecular formula is C10H12F3N3O3S. The fourth-order valence-electron chi connectivity index (χ4n) is 1.20. The Labute approximate surface area is 116 Å². The minimum absolute atomic E-state index is 0.0169. The lowest BCUT2D eigenvalue weighted by Crippen LogP contribution is -2.35. The second-order valence-electron chi connectivity index (χ2n) is 3.76. The summed E-state index contributed by atoms with van der Waals surface area (Å²) in [4.78, 5) is 25.5. The van der Waals surface area contributed by atoms with Crippen molar-refractivity contribution in [2.45, 2.75) is 25.6 Å². The third-order valence-electron chi connectivity index (χ3n) is 2.09. The summed E-state index contributed by atoms with van der Waals surface area (Å²) >= 11 is 1.07. The molecule has 1 aromatic rings. The van der Waals surface area contributed by atoms with Gasteiger partial charge in [-0.3, -0.25) is 0 Å². The molecule has 0 spiro atoms. The Morgan fingerprint density at radius 2 is 2.05 bits per heavy atom. The van der Waals surface area contributed by atoms with Gasteiger partial charge in [-0.05, 0) is 6.42 Å². The average Bonchev–Trinajstić information content (AvgIpc) is 2.80. The van der Waals surface area contributed by atoms with Gasteiger partial charge in [-0.2, -0.15) is 13.2 Å². The maximum Gasteiger partial charge on any atom is 0.389 e. The minimum Gasteiger partial charge on any atom is -0.476 e. The first-order valence-corrected chi connectivity index (χ1v) is 6.42. The molecule has 3 N–H and O–H groups in total. The van der Waals surface area contributed by atoms with Crippen LogP contribution < -0.4 is 10.6 Å². The smallest absolute Gasteiger partial charge is 0.389 e. The highest BCUT2D eigenvalue weighted by Crippen LogP contribution is 2.20. The molecule has 0 aliphatic rings. The van der Waals surface area contributed by atoms with Crippen LogP contribution >= 0.6 is 11.3 Å². The number of amides is 2. The van der Waals surface area contributed by atoms with Gasteiger partial charge in [0, 0.05) is 18.3 Å². The molecule has 1 aromatic heterocycles. The monoisotopic (exact) mass is 311 g/mol. The highest BCUT2D eigenvalue weighted by molar-refractivity contribution is 7.09. The van der Waals surface area contributed by atoms with Crippen molar-refractivity contribution in [2.75, 3.05) is 6.54 Å². The lowest BCUT2D eigenvalue weighted by atomic mass is 10.3. The molecule has 0 bridgehead atoms. The van der Waals surface area contributed by atoms with Crippen LogP contribution in [0, 0.1) is 0 Å². The molecule has 0 aliphatic carbocycles. The highest BCUT2D eigenvalue weighted by Gasteiger charge is 2.25. The summed E-state index contributed by atoms with van der Waals surface area (Å²) in [5.41, 5.74) is -0.114. The van der Waals surface area contributed by atoms with Gasteiger partial charge in [0.1, 0.15) is 5.01 Å². The van der Waals surface area contributed by atoms with E-state index in [2.05, 4.69) is 15.6 Å². The van der Waals surface area contributed by atoms with Crippen LogP contribution in [0.5, 0.6) is 0 Å². The zero-order chi connectivity index (χ0) is 15.2. The first kappa shape index (κ1) is 16.2. The topological polar surface area (TPSA) is 91.3 Å². The van der Waals surface area contributed by atoms with Gasteiger partial charge in [-0.25, -0.2) is 14.6 Å². The van der Waals surface area contributed by atoms with Crippen LogP contribution in [0.25, 0.3) is 0 Å². The first-order chi connectivity index (χ1) is 9.28. The van der Waals surface area contributed by atoms with E-state index in [0.29, 0.717) is 5.01 Å². The number of carbonyl (C=O) groups excluding carboxylic acids is 1. The first-order valence-electron chi connectivity index (χ1n) is 5.54. The molecule has 20 heavy (non-hydrogen) atoms. The Bertz CT molecular complexity index is 476. The number of nitrogens with zero attached hydrogens (tertiary/aromatic N) is 1. The second kappa shape index (κ2) is 7.08. The van der Waals surface area contributed by atoms with Gasteiger partial charge >= 0.3 is 18.2 Å². The van der Waals surface area contributed by atoms with Gasteiger partial charge in [0.15, 0.2) is 5.69 Å². The van der Waals surface area contributed by atoms with Gasteiger partial charge in [-0.1, -0.05) is 0 Å². The molecule has 112 valence electrons. The van der Waals surface area contributed by atoms with E-state index in [1.807, 2.05) is 0 Å². The third-order valence-corrected chi connectivity index (χ3v) is 2.94. The minimum atomic E-state index is -4.23. The van der Waals surface area contributed by atoms with Crippen LogP contribution in [-0.4, -0.2) is 34.8 Å². The normalized spacial score (nSPS) is 11.2. The number of urea groups is 1. The molecule has 10 heteroatoms. The van der Waals surface area contributed by atoms with Crippen LogP contribution in [0.3, 0.4) is 0 Å². The number of carboxylic acids is 1. The van der Waals surface area contributed by atoms with E-state index in [0.717, 1.165) is 11.3 Å². The summed E-state index contributed by atoms with van der Waals surface area (Å²) in [6.07, 6.45) is -5.38. The van der Waals surface area contributed by atoms with E-state index < -0.39 is 24.6 Å². The molecule has 0 aliphatic heterocycles. The lowest BCUT2D eigenvalue weighted by molar-refractivity contribution is -0.135. The van der Waals surface area contributed by atoms with Crippen molar-refractivity contribution in [3.8, 4) is 0 Å². The summed E-state index contributed by atoms with van der Waals surface area (Å²) in [5, 5.41) is 15.0. The van der Waals surface area contributed by atoms with Crippen LogP contribution in [-0.2, 0) is 6.54 Å². The predicted octanol–water partition coefficient (Wildman–Crippen LogP) is 1.98. The molecule has 0 saturated carbocycles. The molecule has 0 aromatic carbocycles. The van der Waals surface area contributed by atoms with E-state index in [4.69, 9.17) is 5.11 Å². The van der Waals surface area contributed by atoms with Crippen LogP contribution in [0.15, 0.2) is 5.38 Å². The highest BCUT2D eigenvalue weighted by atomic mass is 32.1. The van der Waals surface area contributed by atoms with Gasteiger partial charge in [0.25, 0.3) is 0 Å². The largest absolute Gasteiger partial charge is 0.476 e. The number of aromatic nitrogens is 1. The number of nitrogens with one attached hydrogen (secondary N) is 2. The van der Waals surface area contributed by atoms with Crippen LogP contribution in [0.2, 0.25) is 0 Å². The summed E-state index contributed by atoms with van der Waals surface area (Å²) in [5.74, 6) is -1.16. The van der Waals surface area contributed by atoms with E-state index in [1.165, 1.54) is 5.38 Å². The third kappa shape index (κ3) is 6.36. The number of carboxylic acid groups (broad SMARTS) is 1. The van der Waals surface area contributed by atoms with Gasteiger partial charge in [-0.15, -0.1) is 11.3 Å². The number of alkyl halides is 3. The summed E-state index contributed by atoms with van der Waals surface area (Å²) in [6.45, 7) is -0.0767. The fraction of sp³-hybridized carbons (Fsp3) is 0.500. The zero-order valence-electron chi connectivity index (χ0n) is 10.2. The van der Waals surface area contributed by atoms with Gasteiger partial charge < -0.3 is 15.7 Å². The maximum absolute atomic E-state index is 11.8. The molecule has 0 unspecified atom stereocenters. The quantitative estimate of drug-likeness (QED) is 0.701. The Hall–Kier alpha value is -1.84. The lowest BCUT2D eigenvalue weighted by Gasteiger charge is -2.08. The van der Waals surface area contributed by atoms with Crippen LogP contribution in [0.4, 0.5) is 18.0 Å². The van der Waals surface area contributed by atoms with Crippen molar-refractivity contribution >= 4 is 23.3 Å². The van der Waals surface area contributed by atoms with Crippen molar-refractivity contribution in [1.82, 2.24) is 15.6 Å². The second-order valence-corrected chi connectivity index (χ2v) is 4.70. The summed E-state index contributed by atoms with van der Waals surface area (Å²) in [7, 11) is 0. The van der Waals surface area contributed by atoms with Crippen molar-refractivity contribution in [1.29, 1.82) is 0 Å². The van der Waals surface area contributed by atoms with E-state index in [1.54, 1.807) is 0 Å². The van der Waals surface area contributed by atoms with E-state index in [-0.39, 0.29) is 25.2 Å². The maximum atomic E-state index is 11.8. The van der Waals surface area contributed by atoms with Gasteiger partial charge in [0.2, 0.25) is 0 Å². The summed E-state index contributed by atoms with van der Waals surface area (Å²) in [6, 6.07) is -0.626. The standard InChI is InChI=1S/C10H12F3N3O3S/c11-10(12,13)2-1-3-14-9(19)15-4-7-16-6(5-20-7)8(17)18/h5H,1-4H2,(H,17,18)(H2,14,15,19). The number of hydrogen-bond donors (Lipinski definition) is 3. The van der Waals surface area contributed by atoms with Crippen molar-refractivity contribution in [3.63, 3.8) is 0 Å². The molecule has 2 amide bonds. The molecule has 1 heterocycles. The zero-order valence-corrected chi connectivity index (χ0v) is 11.0. The number of halogens is 3. The van der Waals surface area contributed by atoms with Crippen molar-refractivity contribution < 1.29 is 27.9 Å². The molecular weight excluding hydrogens is 299 g/mol. The Morgan fingerprint density at radius 1 is 1.35 bits per heavy atom. The Morgan fingerprint density at radius 3 is 2.60 bits per heavy atom. The number of hydrogen-bond acceptors (Lipinski definition) is 4. The molecule has 0 fully saturated rings. The molecule has 6 nitrogen and oxygen atoms in total. The molecule has 1 rings (SSSR count). The number of aromatic carboxylic acids is 1. The van der Waals surface area contributed by atoms with Gasteiger partial charge in [0.05, 0.1) is 6.54 Å². The van der Waals surface area contributed by atoms with Crippen molar-refractivity contribution in [3.05, 3.63) is 16.1 Å². The number of carbonyl (C=O) groups is 2. The summed E-state index contributed by atoms with van der Waals surface area (Å²) < 4.78 is 35.5. The molecule has 0 radical (unpaired) electrons. The fourth-order valence-corrected chi connectivity index (χ4v) is 1.91. The average molecular weight is 311 g/mol. The van der Waals surface area contributed by atoms with Crippen molar-refractivity contribution in [2.24, 2.45) is 0 Å². The Balaban J connectivity index is 2.21. The van der Waals surface area contributed by atoms with E-state index in [9.17, 15) is 22.8 Å². The SMILES string of the molecule is O=C(NCCCC(F)(F)F)NCc1nc(C(=O)O)cs1.